The van der Waals surface area contributed by atoms with E-state index in [9.17, 15) is 14.4 Å². The van der Waals surface area contributed by atoms with Gasteiger partial charge in [0.05, 0.1) is 12.6 Å². The Morgan fingerprint density at radius 2 is 1.84 bits per heavy atom. The highest BCUT2D eigenvalue weighted by atomic mass is 16.5. The predicted octanol–water partition coefficient (Wildman–Crippen LogP) is 1.44. The number of nitrogens with one attached hydrogen (secondary N) is 2. The summed E-state index contributed by atoms with van der Waals surface area (Å²) in [6.07, 6.45) is 4.67. The van der Waals surface area contributed by atoms with E-state index in [1.807, 2.05) is 0 Å². The van der Waals surface area contributed by atoms with Crippen molar-refractivity contribution in [3.8, 4) is 0 Å². The van der Waals surface area contributed by atoms with Crippen LogP contribution in [0.2, 0.25) is 0 Å². The number of benzene rings is 1. The van der Waals surface area contributed by atoms with Crippen molar-refractivity contribution in [3.63, 3.8) is 0 Å². The van der Waals surface area contributed by atoms with Gasteiger partial charge in [-0.3, -0.25) is 14.4 Å². The van der Waals surface area contributed by atoms with Crippen molar-refractivity contribution in [2.45, 2.75) is 38.7 Å². The van der Waals surface area contributed by atoms with Crippen LogP contribution in [0.15, 0.2) is 24.3 Å². The van der Waals surface area contributed by atoms with Crippen LogP contribution in [0.3, 0.4) is 0 Å². The number of primary amides is 1. The van der Waals surface area contributed by atoms with Gasteiger partial charge >= 0.3 is 0 Å². The third kappa shape index (κ3) is 6.19. The lowest BCUT2D eigenvalue weighted by Crippen LogP contribution is -2.33. The van der Waals surface area contributed by atoms with Gasteiger partial charge in [-0.25, -0.2) is 0 Å². The van der Waals surface area contributed by atoms with E-state index in [2.05, 4.69) is 17.6 Å². The quantitative estimate of drug-likeness (QED) is 0.693. The van der Waals surface area contributed by atoms with E-state index < -0.39 is 11.8 Å². The van der Waals surface area contributed by atoms with Gasteiger partial charge in [-0.1, -0.05) is 19.8 Å². The molecule has 2 rings (SSSR count). The SMILES string of the molecule is C[C@H]1CCCC[C@@H]1OCC(=O)Nc1ccc(C(=O)NCC(N)=O)cc1. The standard InChI is InChI=1S/C18H25N3O4/c1-12-4-2-3-5-15(12)25-11-17(23)21-14-8-6-13(7-9-14)18(24)20-10-16(19)22/h6-9,12,15H,2-5,10-11H2,1H3,(H2,19,22)(H,20,24)(H,21,23)/t12-,15-/m0/s1. The molecule has 1 aliphatic rings. The second-order valence-electron chi connectivity index (χ2n) is 6.39. The highest BCUT2D eigenvalue weighted by Crippen LogP contribution is 2.26. The Balaban J connectivity index is 1.78. The molecule has 0 aromatic heterocycles. The Morgan fingerprint density at radius 3 is 2.48 bits per heavy atom. The highest BCUT2D eigenvalue weighted by molar-refractivity contribution is 5.97. The van der Waals surface area contributed by atoms with E-state index in [-0.39, 0.29) is 25.2 Å². The molecule has 0 bridgehead atoms. The summed E-state index contributed by atoms with van der Waals surface area (Å²) in [6.45, 7) is 1.97. The van der Waals surface area contributed by atoms with Gasteiger partial charge in [-0.2, -0.15) is 0 Å². The average molecular weight is 347 g/mol. The first kappa shape index (κ1) is 18.9. The van der Waals surface area contributed by atoms with Crippen molar-refractivity contribution in [1.29, 1.82) is 0 Å². The molecule has 0 saturated heterocycles. The second kappa shape index (κ2) is 9.17. The van der Waals surface area contributed by atoms with Crippen LogP contribution in [0.5, 0.6) is 0 Å². The molecule has 0 heterocycles. The Bertz CT molecular complexity index is 615. The number of hydrogen-bond donors (Lipinski definition) is 3. The van der Waals surface area contributed by atoms with Gasteiger partial charge in [0.25, 0.3) is 5.91 Å². The summed E-state index contributed by atoms with van der Waals surface area (Å²) in [4.78, 5) is 34.4. The van der Waals surface area contributed by atoms with Crippen molar-refractivity contribution >= 4 is 23.4 Å². The molecule has 7 nitrogen and oxygen atoms in total. The summed E-state index contributed by atoms with van der Waals surface area (Å²) in [5.74, 6) is -0.737. The molecule has 1 aliphatic carbocycles. The molecule has 1 fully saturated rings. The number of ether oxygens (including phenoxy) is 1. The second-order valence-corrected chi connectivity index (χ2v) is 6.39. The average Bonchev–Trinajstić information content (AvgIpc) is 2.59. The Morgan fingerprint density at radius 1 is 1.16 bits per heavy atom. The number of amides is 3. The van der Waals surface area contributed by atoms with Gasteiger partial charge < -0.3 is 21.1 Å². The Hall–Kier alpha value is -2.41. The maximum absolute atomic E-state index is 12.0. The minimum atomic E-state index is -0.607. The number of nitrogens with two attached hydrogens (primary N) is 1. The zero-order valence-corrected chi connectivity index (χ0v) is 14.4. The van der Waals surface area contributed by atoms with Crippen molar-refractivity contribution in [2.75, 3.05) is 18.5 Å². The van der Waals surface area contributed by atoms with Gasteiger partial charge in [0.2, 0.25) is 11.8 Å². The summed E-state index contributed by atoms with van der Waals surface area (Å²) in [7, 11) is 0. The topological polar surface area (TPSA) is 111 Å². The largest absolute Gasteiger partial charge is 0.368 e. The monoisotopic (exact) mass is 347 g/mol. The molecule has 0 spiro atoms. The van der Waals surface area contributed by atoms with Crippen LogP contribution in [0.4, 0.5) is 5.69 Å². The van der Waals surface area contributed by atoms with Crippen LogP contribution >= 0.6 is 0 Å². The zero-order chi connectivity index (χ0) is 18.2. The lowest BCUT2D eigenvalue weighted by molar-refractivity contribution is -0.124. The molecular formula is C18H25N3O4. The van der Waals surface area contributed by atoms with E-state index in [1.54, 1.807) is 24.3 Å². The van der Waals surface area contributed by atoms with Crippen molar-refractivity contribution < 1.29 is 19.1 Å². The maximum Gasteiger partial charge on any atom is 0.251 e. The summed E-state index contributed by atoms with van der Waals surface area (Å²) in [6, 6.07) is 6.38. The molecule has 1 aromatic carbocycles. The molecule has 136 valence electrons. The van der Waals surface area contributed by atoms with E-state index in [4.69, 9.17) is 10.5 Å². The zero-order valence-electron chi connectivity index (χ0n) is 14.4. The molecule has 4 N–H and O–H groups in total. The molecule has 1 aromatic rings. The Labute approximate surface area is 147 Å². The Kier molecular flexibility index (Phi) is 6.94. The first-order chi connectivity index (χ1) is 12.0. The van der Waals surface area contributed by atoms with Gasteiger partial charge in [-0.05, 0) is 43.0 Å². The van der Waals surface area contributed by atoms with Crippen molar-refractivity contribution in [2.24, 2.45) is 11.7 Å². The first-order valence-corrected chi connectivity index (χ1v) is 8.53. The van der Waals surface area contributed by atoms with Crippen LogP contribution in [-0.2, 0) is 14.3 Å². The molecule has 3 amide bonds. The molecule has 25 heavy (non-hydrogen) atoms. The van der Waals surface area contributed by atoms with Crippen LogP contribution in [0.1, 0.15) is 43.0 Å². The van der Waals surface area contributed by atoms with Crippen LogP contribution in [0.25, 0.3) is 0 Å². The fraction of sp³-hybridized carbons (Fsp3) is 0.500. The normalized spacial score (nSPS) is 19.9. The molecule has 0 aliphatic heterocycles. The van der Waals surface area contributed by atoms with Gasteiger partial charge in [0.1, 0.15) is 6.61 Å². The lowest BCUT2D eigenvalue weighted by atomic mass is 9.88. The molecule has 7 heteroatoms. The predicted molar refractivity (Wildman–Crippen MR) is 94.0 cm³/mol. The van der Waals surface area contributed by atoms with Gasteiger partial charge in [-0.15, -0.1) is 0 Å². The first-order valence-electron chi connectivity index (χ1n) is 8.53. The lowest BCUT2D eigenvalue weighted by Gasteiger charge is -2.28. The van der Waals surface area contributed by atoms with E-state index in [1.165, 1.54) is 6.42 Å². The molecule has 0 unspecified atom stereocenters. The van der Waals surface area contributed by atoms with E-state index in [0.717, 1.165) is 19.3 Å². The van der Waals surface area contributed by atoms with E-state index >= 15 is 0 Å². The van der Waals surface area contributed by atoms with Crippen molar-refractivity contribution in [1.82, 2.24) is 5.32 Å². The van der Waals surface area contributed by atoms with E-state index in [0.29, 0.717) is 17.2 Å². The summed E-state index contributed by atoms with van der Waals surface area (Å²) in [5.41, 5.74) is 5.94. The minimum Gasteiger partial charge on any atom is -0.368 e. The highest BCUT2D eigenvalue weighted by Gasteiger charge is 2.22. The third-order valence-electron chi connectivity index (χ3n) is 4.32. The van der Waals surface area contributed by atoms with Gasteiger partial charge in [0, 0.05) is 11.3 Å². The fourth-order valence-electron chi connectivity index (χ4n) is 2.88. The molecular weight excluding hydrogens is 322 g/mol. The van der Waals surface area contributed by atoms with Crippen LogP contribution in [-0.4, -0.2) is 37.0 Å². The summed E-state index contributed by atoms with van der Waals surface area (Å²) >= 11 is 0. The number of hydrogen-bond acceptors (Lipinski definition) is 4. The molecule has 0 radical (unpaired) electrons. The van der Waals surface area contributed by atoms with Gasteiger partial charge in [0.15, 0.2) is 0 Å². The smallest absolute Gasteiger partial charge is 0.251 e. The van der Waals surface area contributed by atoms with Crippen LogP contribution < -0.4 is 16.4 Å². The summed E-state index contributed by atoms with van der Waals surface area (Å²) < 4.78 is 5.73. The number of carbonyl (C=O) groups is 3. The summed E-state index contributed by atoms with van der Waals surface area (Å²) in [5, 5.41) is 5.14. The maximum atomic E-state index is 12.0. The third-order valence-corrected chi connectivity index (χ3v) is 4.32. The fourth-order valence-corrected chi connectivity index (χ4v) is 2.88. The number of rotatable bonds is 7. The van der Waals surface area contributed by atoms with Crippen LogP contribution in [0, 0.1) is 5.92 Å². The molecule has 2 atom stereocenters. The minimum absolute atomic E-state index is 0.0237. The van der Waals surface area contributed by atoms with Crippen molar-refractivity contribution in [3.05, 3.63) is 29.8 Å². The number of anilines is 1. The molecule has 1 saturated carbocycles. The number of carbonyl (C=O) groups excluding carboxylic acids is 3.